The smallest absolute Gasteiger partial charge is 0.120 e. The lowest BCUT2D eigenvalue weighted by Gasteiger charge is -2.16. The zero-order chi connectivity index (χ0) is 15.0. The maximum atomic E-state index is 9.84. The van der Waals surface area contributed by atoms with Crippen molar-refractivity contribution in [2.24, 2.45) is 5.92 Å². The van der Waals surface area contributed by atoms with Gasteiger partial charge in [0.05, 0.1) is 18.8 Å². The lowest BCUT2D eigenvalue weighted by atomic mass is 10.1. The van der Waals surface area contributed by atoms with Crippen molar-refractivity contribution < 1.29 is 14.3 Å². The molecular weight excluding hydrogens is 254 g/mol. The highest BCUT2D eigenvalue weighted by molar-refractivity contribution is 5.08. The molecule has 2 atom stereocenters. The summed E-state index contributed by atoms with van der Waals surface area (Å²) in [6.45, 7) is 9.97. The van der Waals surface area contributed by atoms with E-state index >= 15 is 0 Å². The van der Waals surface area contributed by atoms with Gasteiger partial charge in [0.15, 0.2) is 0 Å². The van der Waals surface area contributed by atoms with Gasteiger partial charge in [0.2, 0.25) is 0 Å². The van der Waals surface area contributed by atoms with Gasteiger partial charge in [-0.15, -0.1) is 0 Å². The van der Waals surface area contributed by atoms with Gasteiger partial charge in [0.1, 0.15) is 11.5 Å². The Morgan fingerprint density at radius 1 is 1.30 bits per heavy atom. The number of hydrogen-bond acceptors (Lipinski definition) is 4. The summed E-state index contributed by atoms with van der Waals surface area (Å²) in [6.07, 6.45) is 1.75. The molecule has 0 saturated heterocycles. The van der Waals surface area contributed by atoms with Crippen LogP contribution in [-0.2, 0) is 4.74 Å². The second kappa shape index (κ2) is 9.16. The molecule has 2 N–H and O–H groups in total. The monoisotopic (exact) mass is 283 g/mol. The Bertz CT molecular complexity index is 362. The average Bonchev–Trinajstić information content (AvgIpc) is 2.82. The van der Waals surface area contributed by atoms with E-state index in [0.717, 1.165) is 24.5 Å². The number of rotatable bonds is 10. The fraction of sp³-hybridized carbons (Fsp3) is 0.750. The van der Waals surface area contributed by atoms with Gasteiger partial charge in [-0.25, -0.2) is 0 Å². The molecule has 0 spiro atoms. The largest absolute Gasteiger partial charge is 0.465 e. The van der Waals surface area contributed by atoms with Crippen LogP contribution in [0.4, 0.5) is 0 Å². The Morgan fingerprint density at radius 3 is 2.65 bits per heavy atom. The van der Waals surface area contributed by atoms with Crippen LogP contribution < -0.4 is 5.32 Å². The number of nitrogens with one attached hydrogen (secondary N) is 1. The highest BCUT2D eigenvalue weighted by atomic mass is 16.5. The minimum atomic E-state index is -0.479. The van der Waals surface area contributed by atoms with Gasteiger partial charge in [0.25, 0.3) is 0 Å². The Kier molecular flexibility index (Phi) is 7.88. The van der Waals surface area contributed by atoms with E-state index in [1.807, 2.05) is 26.0 Å². The van der Waals surface area contributed by atoms with E-state index in [9.17, 15) is 5.11 Å². The first-order valence-electron chi connectivity index (χ1n) is 7.54. The average molecular weight is 283 g/mol. The number of aliphatic hydroxyl groups is 1. The molecule has 0 saturated carbocycles. The van der Waals surface area contributed by atoms with Crippen molar-refractivity contribution in [1.82, 2.24) is 5.32 Å². The van der Waals surface area contributed by atoms with Gasteiger partial charge < -0.3 is 19.6 Å². The van der Waals surface area contributed by atoms with Gasteiger partial charge in [-0.3, -0.25) is 0 Å². The SMILES string of the molecule is Cc1ccc(C(C)NCC(O)COCCCC(C)C)o1. The molecule has 2 unspecified atom stereocenters. The third-order valence-corrected chi connectivity index (χ3v) is 3.23. The van der Waals surface area contributed by atoms with E-state index < -0.39 is 6.10 Å². The summed E-state index contributed by atoms with van der Waals surface area (Å²) in [5.74, 6) is 2.51. The van der Waals surface area contributed by atoms with Gasteiger partial charge in [-0.2, -0.15) is 0 Å². The van der Waals surface area contributed by atoms with Crippen LogP contribution in [-0.4, -0.2) is 31.0 Å². The fourth-order valence-corrected chi connectivity index (χ4v) is 1.97. The molecular formula is C16H29NO3. The summed E-state index contributed by atoms with van der Waals surface area (Å²) in [4.78, 5) is 0. The molecule has 116 valence electrons. The van der Waals surface area contributed by atoms with Crippen molar-refractivity contribution in [2.75, 3.05) is 19.8 Å². The molecule has 0 aliphatic carbocycles. The molecule has 1 rings (SSSR count). The fourth-order valence-electron chi connectivity index (χ4n) is 1.97. The van der Waals surface area contributed by atoms with Crippen molar-refractivity contribution in [3.05, 3.63) is 23.7 Å². The molecule has 0 amide bonds. The Balaban J connectivity index is 2.09. The summed E-state index contributed by atoms with van der Waals surface area (Å²) in [5, 5.41) is 13.1. The van der Waals surface area contributed by atoms with Gasteiger partial charge in [0, 0.05) is 13.2 Å². The van der Waals surface area contributed by atoms with E-state index in [1.54, 1.807) is 0 Å². The van der Waals surface area contributed by atoms with Crippen molar-refractivity contribution >= 4 is 0 Å². The molecule has 0 aliphatic heterocycles. The molecule has 20 heavy (non-hydrogen) atoms. The maximum Gasteiger partial charge on any atom is 0.120 e. The highest BCUT2D eigenvalue weighted by Crippen LogP contribution is 2.15. The topological polar surface area (TPSA) is 54.6 Å². The van der Waals surface area contributed by atoms with Crippen LogP contribution in [0, 0.1) is 12.8 Å². The zero-order valence-corrected chi connectivity index (χ0v) is 13.2. The second-order valence-corrected chi connectivity index (χ2v) is 5.84. The second-order valence-electron chi connectivity index (χ2n) is 5.84. The number of ether oxygens (including phenoxy) is 1. The number of hydrogen-bond donors (Lipinski definition) is 2. The Morgan fingerprint density at radius 2 is 2.05 bits per heavy atom. The molecule has 1 heterocycles. The molecule has 1 aromatic heterocycles. The van der Waals surface area contributed by atoms with Crippen molar-refractivity contribution in [3.63, 3.8) is 0 Å². The summed E-state index contributed by atoms with van der Waals surface area (Å²) in [7, 11) is 0. The standard InChI is InChI=1S/C16H29NO3/c1-12(2)6-5-9-19-11-15(18)10-17-14(4)16-8-7-13(3)20-16/h7-8,12,14-15,17-18H,5-6,9-11H2,1-4H3. The van der Waals surface area contributed by atoms with Crippen molar-refractivity contribution in [1.29, 1.82) is 0 Å². The van der Waals surface area contributed by atoms with Crippen LogP contribution in [0.15, 0.2) is 16.5 Å². The van der Waals surface area contributed by atoms with Gasteiger partial charge >= 0.3 is 0 Å². The predicted octanol–water partition coefficient (Wildman–Crippen LogP) is 3.05. The molecule has 0 aliphatic rings. The summed E-state index contributed by atoms with van der Waals surface area (Å²) < 4.78 is 11.0. The number of aryl methyl sites for hydroxylation is 1. The lowest BCUT2D eigenvalue weighted by molar-refractivity contribution is 0.0334. The van der Waals surface area contributed by atoms with E-state index in [1.165, 1.54) is 6.42 Å². The van der Waals surface area contributed by atoms with Crippen LogP contribution in [0.2, 0.25) is 0 Å². The van der Waals surface area contributed by atoms with Gasteiger partial charge in [-0.1, -0.05) is 13.8 Å². The third kappa shape index (κ3) is 7.08. The molecule has 0 radical (unpaired) electrons. The molecule has 4 heteroatoms. The van der Waals surface area contributed by atoms with Crippen LogP contribution in [0.3, 0.4) is 0 Å². The van der Waals surface area contributed by atoms with Crippen LogP contribution in [0.25, 0.3) is 0 Å². The number of furan rings is 1. The molecule has 0 bridgehead atoms. The minimum absolute atomic E-state index is 0.0966. The van der Waals surface area contributed by atoms with Crippen LogP contribution in [0.5, 0.6) is 0 Å². The maximum absolute atomic E-state index is 9.84. The van der Waals surface area contributed by atoms with E-state index in [-0.39, 0.29) is 6.04 Å². The first kappa shape index (κ1) is 17.2. The van der Waals surface area contributed by atoms with Crippen molar-refractivity contribution in [3.8, 4) is 0 Å². The molecule has 0 aromatic carbocycles. The lowest BCUT2D eigenvalue weighted by Crippen LogP contribution is -2.32. The van der Waals surface area contributed by atoms with Crippen LogP contribution in [0.1, 0.15) is 51.2 Å². The van der Waals surface area contributed by atoms with E-state index in [2.05, 4.69) is 19.2 Å². The van der Waals surface area contributed by atoms with Crippen molar-refractivity contribution in [2.45, 2.75) is 52.7 Å². The normalized spacial score (nSPS) is 14.7. The van der Waals surface area contributed by atoms with Gasteiger partial charge in [-0.05, 0) is 44.7 Å². The Hall–Kier alpha value is -0.840. The highest BCUT2D eigenvalue weighted by Gasteiger charge is 2.11. The predicted molar refractivity (Wildman–Crippen MR) is 80.8 cm³/mol. The molecule has 4 nitrogen and oxygen atoms in total. The van der Waals surface area contributed by atoms with E-state index in [4.69, 9.17) is 9.15 Å². The summed E-state index contributed by atoms with van der Waals surface area (Å²) in [5.41, 5.74) is 0. The number of aliphatic hydroxyl groups excluding tert-OH is 1. The molecule has 1 aromatic rings. The first-order valence-corrected chi connectivity index (χ1v) is 7.54. The molecule has 0 fully saturated rings. The summed E-state index contributed by atoms with van der Waals surface area (Å²) in [6, 6.07) is 4.00. The third-order valence-electron chi connectivity index (χ3n) is 3.23. The zero-order valence-electron chi connectivity index (χ0n) is 13.2. The summed E-state index contributed by atoms with van der Waals surface area (Å²) >= 11 is 0. The minimum Gasteiger partial charge on any atom is -0.465 e. The Labute approximate surface area is 122 Å². The van der Waals surface area contributed by atoms with Crippen LogP contribution >= 0.6 is 0 Å². The van der Waals surface area contributed by atoms with E-state index in [0.29, 0.717) is 19.1 Å². The first-order chi connectivity index (χ1) is 9.49. The quantitative estimate of drug-likeness (QED) is 0.648.